The fourth-order valence-electron chi connectivity index (χ4n) is 6.18. The zero-order valence-electron chi connectivity index (χ0n) is 27.5. The molecule has 0 radical (unpaired) electrons. The van der Waals surface area contributed by atoms with E-state index in [1.807, 2.05) is 13.0 Å². The molecule has 4 heteroatoms. The van der Waals surface area contributed by atoms with Gasteiger partial charge in [-0.15, -0.1) is 0 Å². The molecular formula is C37H70O4. The van der Waals surface area contributed by atoms with E-state index >= 15 is 0 Å². The molecule has 1 rings (SSSR count). The van der Waals surface area contributed by atoms with Crippen molar-refractivity contribution in [1.82, 2.24) is 0 Å². The maximum Gasteiger partial charge on any atom is 0.334 e. The van der Waals surface area contributed by atoms with Gasteiger partial charge in [-0.2, -0.15) is 0 Å². The average molecular weight is 579 g/mol. The van der Waals surface area contributed by atoms with E-state index in [1.165, 1.54) is 148 Å². The van der Waals surface area contributed by atoms with Crippen LogP contribution >= 0.6 is 0 Å². The second-order valence-corrected chi connectivity index (χ2v) is 13.1. The summed E-state index contributed by atoms with van der Waals surface area (Å²) in [6, 6.07) is 0. The van der Waals surface area contributed by atoms with Crippen molar-refractivity contribution in [3.05, 3.63) is 11.6 Å². The molecule has 0 unspecified atom stereocenters. The third-order valence-electron chi connectivity index (χ3n) is 8.98. The van der Waals surface area contributed by atoms with Crippen LogP contribution < -0.4 is 0 Å². The lowest BCUT2D eigenvalue weighted by Gasteiger charge is -2.17. The van der Waals surface area contributed by atoms with E-state index in [0.29, 0.717) is 0 Å². The molecule has 0 fully saturated rings. The number of hydrogen-bond donors (Lipinski definition) is 2. The van der Waals surface area contributed by atoms with Crippen molar-refractivity contribution >= 4 is 5.97 Å². The minimum Gasteiger partial charge on any atom is -0.455 e. The highest BCUT2D eigenvalue weighted by Gasteiger charge is 2.21. The number of carbonyl (C=O) groups is 1. The van der Waals surface area contributed by atoms with Crippen molar-refractivity contribution in [2.24, 2.45) is 0 Å². The third kappa shape index (κ3) is 23.3. The van der Waals surface area contributed by atoms with Crippen molar-refractivity contribution in [2.45, 2.75) is 218 Å². The smallest absolute Gasteiger partial charge is 0.334 e. The monoisotopic (exact) mass is 579 g/mol. The van der Waals surface area contributed by atoms with Gasteiger partial charge >= 0.3 is 5.97 Å². The van der Waals surface area contributed by atoms with Gasteiger partial charge in [-0.05, 0) is 38.7 Å². The number of cyclic esters (lactones) is 1. The van der Waals surface area contributed by atoms with Gasteiger partial charge in [-0.1, -0.05) is 167 Å². The van der Waals surface area contributed by atoms with Gasteiger partial charge in [-0.3, -0.25) is 0 Å². The summed E-state index contributed by atoms with van der Waals surface area (Å²) in [7, 11) is 0. The molecule has 2 N–H and O–H groups in total. The maximum absolute atomic E-state index is 11.6. The van der Waals surface area contributed by atoms with Crippen LogP contribution in [0, 0.1) is 0 Å². The summed E-state index contributed by atoms with van der Waals surface area (Å²) in [5.41, 5.74) is 0.878. The molecule has 0 aromatic rings. The summed E-state index contributed by atoms with van der Waals surface area (Å²) in [6.07, 6.45) is 37.0. The quantitative estimate of drug-likeness (QED) is 0.0634. The first-order chi connectivity index (χ1) is 20.0. The molecule has 0 spiro atoms. The highest BCUT2D eigenvalue weighted by Crippen LogP contribution is 2.21. The fourth-order valence-corrected chi connectivity index (χ4v) is 6.18. The number of esters is 1. The Morgan fingerprint density at radius 3 is 1.20 bits per heavy atom. The number of ether oxygens (including phenoxy) is 1. The van der Waals surface area contributed by atoms with E-state index in [4.69, 9.17) is 4.74 Å². The molecule has 0 bridgehead atoms. The summed E-state index contributed by atoms with van der Waals surface area (Å²) in [6.45, 7) is 4.20. The zero-order chi connectivity index (χ0) is 29.8. The summed E-state index contributed by atoms with van der Waals surface area (Å²) >= 11 is 0. The van der Waals surface area contributed by atoms with E-state index in [9.17, 15) is 15.0 Å². The fraction of sp³-hybridized carbons (Fsp3) is 0.919. The number of carbonyl (C=O) groups excluding carboxylic acids is 1. The molecule has 1 heterocycles. The lowest BCUT2D eigenvalue weighted by Crippen LogP contribution is -2.25. The van der Waals surface area contributed by atoms with Gasteiger partial charge in [0, 0.05) is 5.57 Å². The second kappa shape index (κ2) is 27.9. The van der Waals surface area contributed by atoms with Gasteiger partial charge in [0.1, 0.15) is 6.10 Å². The van der Waals surface area contributed by atoms with Gasteiger partial charge < -0.3 is 14.9 Å². The topological polar surface area (TPSA) is 66.8 Å². The normalized spacial score (nSPS) is 16.6. The summed E-state index contributed by atoms with van der Waals surface area (Å²) < 4.78 is 5.15. The molecule has 0 saturated heterocycles. The van der Waals surface area contributed by atoms with Crippen LogP contribution in [0.1, 0.15) is 200 Å². The molecule has 41 heavy (non-hydrogen) atoms. The van der Waals surface area contributed by atoms with Crippen LogP contribution in [0.25, 0.3) is 0 Å². The van der Waals surface area contributed by atoms with Crippen LogP contribution in [0.5, 0.6) is 0 Å². The first-order valence-electron chi connectivity index (χ1n) is 18.3. The second-order valence-electron chi connectivity index (χ2n) is 13.1. The average Bonchev–Trinajstić information content (AvgIpc) is 3.29. The Bertz CT molecular complexity index is 616. The van der Waals surface area contributed by atoms with E-state index in [-0.39, 0.29) is 12.1 Å². The van der Waals surface area contributed by atoms with Crippen molar-refractivity contribution < 1.29 is 19.7 Å². The highest BCUT2D eigenvalue weighted by atomic mass is 16.5. The molecule has 0 aromatic carbocycles. The third-order valence-corrected chi connectivity index (χ3v) is 8.98. The highest BCUT2D eigenvalue weighted by molar-refractivity contribution is 5.90. The molecular weight excluding hydrogens is 508 g/mol. The van der Waals surface area contributed by atoms with Crippen LogP contribution in [0.2, 0.25) is 0 Å². The Morgan fingerprint density at radius 1 is 0.561 bits per heavy atom. The van der Waals surface area contributed by atoms with Crippen LogP contribution in [-0.4, -0.2) is 34.5 Å². The molecule has 1 aliphatic heterocycles. The van der Waals surface area contributed by atoms with E-state index in [1.54, 1.807) is 0 Å². The van der Waals surface area contributed by atoms with Gasteiger partial charge in [0.25, 0.3) is 0 Å². The van der Waals surface area contributed by atoms with Crippen LogP contribution in [0.4, 0.5) is 0 Å². The summed E-state index contributed by atoms with van der Waals surface area (Å²) in [5, 5.41) is 20.6. The van der Waals surface area contributed by atoms with Crippen molar-refractivity contribution in [3.8, 4) is 0 Å². The van der Waals surface area contributed by atoms with Crippen LogP contribution in [-0.2, 0) is 9.53 Å². The first-order valence-corrected chi connectivity index (χ1v) is 18.3. The Morgan fingerprint density at radius 2 is 0.878 bits per heavy atom. The Hall–Kier alpha value is -0.870. The SMILES string of the molecule is CCCCCCCCCCCCCCCC[C@H](O)[C@H](O)CCCCCCCCCCCCCCC1=C[C@H](C)OC1=O. The van der Waals surface area contributed by atoms with Crippen LogP contribution in [0.15, 0.2) is 11.6 Å². The number of hydrogen-bond acceptors (Lipinski definition) is 4. The summed E-state index contributed by atoms with van der Waals surface area (Å²) in [4.78, 5) is 11.6. The standard InChI is InChI=1S/C37H70O4/c1-3-4-5-6-7-8-9-10-11-15-18-21-24-27-30-35(38)36(39)31-28-25-22-19-16-13-12-14-17-20-23-26-29-34-32-33(2)41-37(34)40/h32-33,35-36,38-39H,3-31H2,1-2H3/t33-,35-,36+/m0/s1. The zero-order valence-corrected chi connectivity index (χ0v) is 27.5. The molecule has 0 aromatic heterocycles. The molecule has 4 nitrogen and oxygen atoms in total. The Balaban J connectivity index is 1.76. The number of rotatable bonds is 31. The van der Waals surface area contributed by atoms with Gasteiger partial charge in [0.15, 0.2) is 0 Å². The van der Waals surface area contributed by atoms with Crippen molar-refractivity contribution in [1.29, 1.82) is 0 Å². The molecule has 242 valence electrons. The molecule has 0 saturated carbocycles. The van der Waals surface area contributed by atoms with E-state index < -0.39 is 12.2 Å². The minimum atomic E-state index is -0.538. The van der Waals surface area contributed by atoms with Crippen molar-refractivity contribution in [3.63, 3.8) is 0 Å². The van der Waals surface area contributed by atoms with E-state index in [0.717, 1.165) is 44.1 Å². The van der Waals surface area contributed by atoms with E-state index in [2.05, 4.69) is 6.92 Å². The van der Waals surface area contributed by atoms with Gasteiger partial charge in [-0.25, -0.2) is 4.79 Å². The van der Waals surface area contributed by atoms with Gasteiger partial charge in [0.05, 0.1) is 12.2 Å². The molecule has 1 aliphatic rings. The largest absolute Gasteiger partial charge is 0.455 e. The van der Waals surface area contributed by atoms with Gasteiger partial charge in [0.2, 0.25) is 0 Å². The summed E-state index contributed by atoms with van der Waals surface area (Å²) in [5.74, 6) is -0.110. The first kappa shape index (κ1) is 38.2. The Kier molecular flexibility index (Phi) is 26.0. The number of aliphatic hydroxyl groups is 2. The number of aliphatic hydroxyl groups excluding tert-OH is 2. The lowest BCUT2D eigenvalue weighted by molar-refractivity contribution is -0.139. The lowest BCUT2D eigenvalue weighted by atomic mass is 9.99. The molecule has 0 amide bonds. The predicted molar refractivity (Wildman–Crippen MR) is 175 cm³/mol. The number of unbranched alkanes of at least 4 members (excludes halogenated alkanes) is 24. The molecule has 0 aliphatic carbocycles. The van der Waals surface area contributed by atoms with Crippen molar-refractivity contribution in [2.75, 3.05) is 0 Å². The minimum absolute atomic E-state index is 0.0365. The molecule has 3 atom stereocenters. The predicted octanol–water partition coefficient (Wildman–Crippen LogP) is 10.9. The van der Waals surface area contributed by atoms with Crippen LogP contribution in [0.3, 0.4) is 0 Å². The maximum atomic E-state index is 11.6. The Labute approximate surface area is 255 Å².